The van der Waals surface area contributed by atoms with Crippen LogP contribution in [-0.4, -0.2) is 18.9 Å². The summed E-state index contributed by atoms with van der Waals surface area (Å²) in [5.74, 6) is -0.583. The zero-order valence-corrected chi connectivity index (χ0v) is 7.97. The van der Waals surface area contributed by atoms with Crippen LogP contribution in [0.1, 0.15) is 0 Å². The Bertz CT molecular complexity index is 249. The lowest BCUT2D eigenvalue weighted by Gasteiger charge is -2.05. The third kappa shape index (κ3) is 2.15. The number of halogens is 2. The van der Waals surface area contributed by atoms with Crippen LogP contribution in [-0.2, 0) is 4.74 Å². The Balaban J connectivity index is 2.81. The molecule has 0 atom stereocenters. The van der Waals surface area contributed by atoms with E-state index >= 15 is 0 Å². The number of pyridine rings is 1. The summed E-state index contributed by atoms with van der Waals surface area (Å²) in [7, 11) is 1.46. The minimum Gasteiger partial charge on any atom is -0.462 e. The molecular formula is C7H7BrFNO2. The fraction of sp³-hybridized carbons (Fsp3) is 0.286. The van der Waals surface area contributed by atoms with Gasteiger partial charge in [0.1, 0.15) is 0 Å². The summed E-state index contributed by atoms with van der Waals surface area (Å²) >= 11 is 3.12. The highest BCUT2D eigenvalue weighted by Crippen LogP contribution is 2.25. The summed E-state index contributed by atoms with van der Waals surface area (Å²) in [4.78, 5) is 3.42. The summed E-state index contributed by atoms with van der Waals surface area (Å²) in [5.41, 5.74) is 0. The number of hydrogen-bond acceptors (Lipinski definition) is 3. The molecule has 0 saturated heterocycles. The number of ether oxygens (including phenoxy) is 2. The van der Waals surface area contributed by atoms with Gasteiger partial charge in [-0.2, -0.15) is 4.39 Å². The van der Waals surface area contributed by atoms with Crippen molar-refractivity contribution in [3.05, 3.63) is 22.7 Å². The van der Waals surface area contributed by atoms with Gasteiger partial charge in [-0.25, -0.2) is 4.98 Å². The fourth-order valence-corrected chi connectivity index (χ4v) is 1.04. The van der Waals surface area contributed by atoms with Gasteiger partial charge in [0.15, 0.2) is 12.5 Å². The average Bonchev–Trinajstić information content (AvgIpc) is 2.04. The predicted octanol–water partition coefficient (Wildman–Crippen LogP) is 1.97. The van der Waals surface area contributed by atoms with Crippen LogP contribution in [0.25, 0.3) is 0 Å². The van der Waals surface area contributed by atoms with Crippen molar-refractivity contribution in [2.24, 2.45) is 0 Å². The van der Waals surface area contributed by atoms with Gasteiger partial charge in [-0.1, -0.05) is 0 Å². The van der Waals surface area contributed by atoms with E-state index in [1.807, 2.05) is 0 Å². The molecule has 0 amide bonds. The molecule has 12 heavy (non-hydrogen) atoms. The highest BCUT2D eigenvalue weighted by atomic mass is 79.9. The standard InChI is InChI=1S/C7H7BrFNO2/c1-11-4-12-6-5(8)2-3-10-7(6)9/h2-3H,4H2,1H3. The molecular weight excluding hydrogens is 229 g/mol. The largest absolute Gasteiger partial charge is 0.462 e. The molecule has 0 aliphatic heterocycles. The smallest absolute Gasteiger partial charge is 0.256 e. The van der Waals surface area contributed by atoms with Crippen molar-refractivity contribution in [3.8, 4) is 5.75 Å². The third-order valence-corrected chi connectivity index (χ3v) is 1.76. The Hall–Kier alpha value is -0.680. The van der Waals surface area contributed by atoms with Crippen LogP contribution in [0.4, 0.5) is 4.39 Å². The molecule has 66 valence electrons. The lowest BCUT2D eigenvalue weighted by molar-refractivity contribution is 0.0470. The summed E-state index contributed by atoms with van der Waals surface area (Å²) in [6.45, 7) is 0.00120. The minimum atomic E-state index is -0.651. The van der Waals surface area contributed by atoms with Crippen LogP contribution in [0, 0.1) is 5.95 Å². The molecule has 0 aromatic carbocycles. The van der Waals surface area contributed by atoms with Crippen LogP contribution >= 0.6 is 15.9 Å². The maximum atomic E-state index is 12.9. The molecule has 3 nitrogen and oxygen atoms in total. The van der Waals surface area contributed by atoms with Crippen molar-refractivity contribution in [1.29, 1.82) is 0 Å². The normalized spacial score (nSPS) is 9.92. The first-order valence-corrected chi connectivity index (χ1v) is 3.96. The van der Waals surface area contributed by atoms with E-state index in [0.717, 1.165) is 0 Å². The highest BCUT2D eigenvalue weighted by Gasteiger charge is 2.07. The van der Waals surface area contributed by atoms with E-state index < -0.39 is 5.95 Å². The van der Waals surface area contributed by atoms with Crippen molar-refractivity contribution >= 4 is 15.9 Å². The second-order valence-electron chi connectivity index (χ2n) is 1.96. The van der Waals surface area contributed by atoms with Gasteiger partial charge in [0.05, 0.1) is 4.47 Å². The Morgan fingerprint density at radius 2 is 2.42 bits per heavy atom. The molecule has 5 heteroatoms. The summed E-state index contributed by atoms with van der Waals surface area (Å²) in [6.07, 6.45) is 1.35. The molecule has 1 aromatic heterocycles. The fourth-order valence-electron chi connectivity index (χ4n) is 0.647. The van der Waals surface area contributed by atoms with Crippen molar-refractivity contribution < 1.29 is 13.9 Å². The number of hydrogen-bond donors (Lipinski definition) is 0. The molecule has 0 fully saturated rings. The zero-order chi connectivity index (χ0) is 8.97. The SMILES string of the molecule is COCOc1c(Br)ccnc1F. The molecule has 0 saturated carbocycles. The lowest BCUT2D eigenvalue weighted by Crippen LogP contribution is -2.02. The topological polar surface area (TPSA) is 31.4 Å². The van der Waals surface area contributed by atoms with Gasteiger partial charge < -0.3 is 9.47 Å². The number of nitrogens with zero attached hydrogens (tertiary/aromatic N) is 1. The monoisotopic (exact) mass is 235 g/mol. The van der Waals surface area contributed by atoms with E-state index in [1.54, 1.807) is 6.07 Å². The average molecular weight is 236 g/mol. The van der Waals surface area contributed by atoms with Gasteiger partial charge in [0.2, 0.25) is 0 Å². The van der Waals surface area contributed by atoms with E-state index in [2.05, 4.69) is 25.7 Å². The predicted molar refractivity (Wildman–Crippen MR) is 44.4 cm³/mol. The Labute approximate surface area is 77.6 Å². The number of aromatic nitrogens is 1. The van der Waals surface area contributed by atoms with E-state index in [1.165, 1.54) is 13.3 Å². The van der Waals surface area contributed by atoms with Crippen LogP contribution in [0.15, 0.2) is 16.7 Å². The van der Waals surface area contributed by atoms with Gasteiger partial charge in [0, 0.05) is 13.3 Å². The first-order chi connectivity index (χ1) is 5.75. The van der Waals surface area contributed by atoms with Crippen LogP contribution < -0.4 is 4.74 Å². The molecule has 0 unspecified atom stereocenters. The van der Waals surface area contributed by atoms with Crippen molar-refractivity contribution in [2.45, 2.75) is 0 Å². The van der Waals surface area contributed by atoms with Crippen molar-refractivity contribution in [3.63, 3.8) is 0 Å². The lowest BCUT2D eigenvalue weighted by atomic mass is 10.4. The number of rotatable bonds is 3. The van der Waals surface area contributed by atoms with Gasteiger partial charge in [-0.05, 0) is 22.0 Å². The van der Waals surface area contributed by atoms with Gasteiger partial charge in [-0.3, -0.25) is 0 Å². The molecule has 0 radical (unpaired) electrons. The van der Waals surface area contributed by atoms with Crippen LogP contribution in [0.3, 0.4) is 0 Å². The minimum absolute atomic E-state index is 0.00120. The Kier molecular flexibility index (Phi) is 3.43. The molecule has 1 rings (SSSR count). The molecule has 1 aromatic rings. The summed E-state index contributed by atoms with van der Waals surface area (Å²) < 4.78 is 22.9. The highest BCUT2D eigenvalue weighted by molar-refractivity contribution is 9.10. The molecule has 0 N–H and O–H groups in total. The molecule has 0 spiro atoms. The first-order valence-electron chi connectivity index (χ1n) is 3.17. The molecule has 0 aliphatic carbocycles. The molecule has 1 heterocycles. The van der Waals surface area contributed by atoms with Crippen molar-refractivity contribution in [2.75, 3.05) is 13.9 Å². The van der Waals surface area contributed by atoms with Gasteiger partial charge in [-0.15, -0.1) is 0 Å². The van der Waals surface area contributed by atoms with Gasteiger partial charge >= 0.3 is 0 Å². The quantitative estimate of drug-likeness (QED) is 0.593. The Morgan fingerprint density at radius 1 is 1.67 bits per heavy atom. The van der Waals surface area contributed by atoms with Gasteiger partial charge in [0.25, 0.3) is 5.95 Å². The van der Waals surface area contributed by atoms with Crippen molar-refractivity contribution in [1.82, 2.24) is 4.98 Å². The maximum absolute atomic E-state index is 12.9. The van der Waals surface area contributed by atoms with Crippen LogP contribution in [0.2, 0.25) is 0 Å². The molecule has 0 aliphatic rings. The summed E-state index contributed by atoms with van der Waals surface area (Å²) in [5, 5.41) is 0. The third-order valence-electron chi connectivity index (χ3n) is 1.13. The van der Waals surface area contributed by atoms with E-state index in [0.29, 0.717) is 4.47 Å². The second kappa shape index (κ2) is 4.37. The maximum Gasteiger partial charge on any atom is 0.256 e. The second-order valence-corrected chi connectivity index (χ2v) is 2.82. The van der Waals surface area contributed by atoms with E-state index in [9.17, 15) is 4.39 Å². The van der Waals surface area contributed by atoms with E-state index in [-0.39, 0.29) is 12.5 Å². The zero-order valence-electron chi connectivity index (χ0n) is 6.38. The summed E-state index contributed by atoms with van der Waals surface area (Å²) in [6, 6.07) is 1.59. The first kappa shape index (κ1) is 9.41. The van der Waals surface area contributed by atoms with Crippen LogP contribution in [0.5, 0.6) is 5.75 Å². The number of methoxy groups -OCH3 is 1. The Morgan fingerprint density at radius 3 is 3.00 bits per heavy atom. The molecule has 0 bridgehead atoms. The van der Waals surface area contributed by atoms with E-state index in [4.69, 9.17) is 4.74 Å².